The molecule has 2 N–H and O–H groups in total. The van der Waals surface area contributed by atoms with Crippen molar-refractivity contribution in [2.45, 2.75) is 24.3 Å². The van der Waals surface area contributed by atoms with Crippen molar-refractivity contribution in [1.29, 1.82) is 0 Å². The van der Waals surface area contributed by atoms with Crippen LogP contribution in [-0.4, -0.2) is 21.0 Å². The van der Waals surface area contributed by atoms with E-state index in [0.29, 0.717) is 16.3 Å². The third-order valence-electron chi connectivity index (χ3n) is 3.36. The second kappa shape index (κ2) is 6.55. The molecule has 1 aromatic carbocycles. The standard InChI is InChI=1S/C16H14N2O3S2/c1-2-11-7-12-13(19)17-16(18-14(12)23-11)22-8-9-3-5-10(6-4-9)15(20)21/h3-7H,2,8H2,1H3,(H,20,21)(H,17,18,19). The number of hydrogen-bond acceptors (Lipinski definition) is 5. The van der Waals surface area contributed by atoms with Crippen molar-refractivity contribution in [3.8, 4) is 0 Å². The smallest absolute Gasteiger partial charge is 0.335 e. The predicted octanol–water partition coefficient (Wildman–Crippen LogP) is 3.54. The Kier molecular flexibility index (Phi) is 4.49. The van der Waals surface area contributed by atoms with E-state index < -0.39 is 5.97 Å². The first-order chi connectivity index (χ1) is 11.1. The molecule has 0 aliphatic heterocycles. The van der Waals surface area contributed by atoms with Gasteiger partial charge in [0.1, 0.15) is 4.83 Å². The maximum Gasteiger partial charge on any atom is 0.335 e. The van der Waals surface area contributed by atoms with Gasteiger partial charge in [0.25, 0.3) is 5.56 Å². The van der Waals surface area contributed by atoms with Gasteiger partial charge in [0, 0.05) is 10.6 Å². The second-order valence-corrected chi connectivity index (χ2v) is 7.03. The molecule has 0 unspecified atom stereocenters. The lowest BCUT2D eigenvalue weighted by Crippen LogP contribution is -2.07. The summed E-state index contributed by atoms with van der Waals surface area (Å²) in [5.41, 5.74) is 1.12. The number of thioether (sulfide) groups is 1. The third kappa shape index (κ3) is 3.46. The van der Waals surface area contributed by atoms with Crippen molar-refractivity contribution in [1.82, 2.24) is 9.97 Å². The molecule has 118 valence electrons. The van der Waals surface area contributed by atoms with Crippen LogP contribution in [0.1, 0.15) is 27.7 Å². The van der Waals surface area contributed by atoms with E-state index >= 15 is 0 Å². The number of benzene rings is 1. The van der Waals surface area contributed by atoms with Crippen LogP contribution in [0.2, 0.25) is 0 Å². The molecule has 2 heterocycles. The summed E-state index contributed by atoms with van der Waals surface area (Å²) in [4.78, 5) is 32.1. The third-order valence-corrected chi connectivity index (χ3v) is 5.47. The van der Waals surface area contributed by atoms with E-state index in [-0.39, 0.29) is 11.1 Å². The number of aryl methyl sites for hydroxylation is 1. The van der Waals surface area contributed by atoms with E-state index in [2.05, 4.69) is 16.9 Å². The van der Waals surface area contributed by atoms with Gasteiger partial charge in [0.15, 0.2) is 5.16 Å². The summed E-state index contributed by atoms with van der Waals surface area (Å²) in [5.74, 6) is -0.328. The lowest BCUT2D eigenvalue weighted by atomic mass is 10.1. The molecule has 3 aromatic rings. The summed E-state index contributed by atoms with van der Waals surface area (Å²) in [6, 6.07) is 8.58. The number of thiophene rings is 1. The predicted molar refractivity (Wildman–Crippen MR) is 92.6 cm³/mol. The number of rotatable bonds is 5. The van der Waals surface area contributed by atoms with E-state index in [1.54, 1.807) is 35.6 Å². The van der Waals surface area contributed by atoms with Crippen LogP contribution in [0, 0.1) is 0 Å². The summed E-state index contributed by atoms with van der Waals surface area (Å²) in [5, 5.41) is 10.1. The number of fused-ring (bicyclic) bond motifs is 1. The average Bonchev–Trinajstić information content (AvgIpc) is 2.97. The lowest BCUT2D eigenvalue weighted by molar-refractivity contribution is 0.0697. The Morgan fingerprint density at radius 1 is 1.35 bits per heavy atom. The van der Waals surface area contributed by atoms with E-state index in [9.17, 15) is 9.59 Å². The summed E-state index contributed by atoms with van der Waals surface area (Å²) >= 11 is 2.97. The number of carboxylic acid groups (broad SMARTS) is 1. The minimum Gasteiger partial charge on any atom is -0.478 e. The first-order valence-electron chi connectivity index (χ1n) is 7.04. The zero-order chi connectivity index (χ0) is 16.4. The molecule has 7 heteroatoms. The fourth-order valence-corrected chi connectivity index (χ4v) is 3.94. The molecule has 0 aliphatic carbocycles. The van der Waals surface area contributed by atoms with Crippen molar-refractivity contribution in [2.24, 2.45) is 0 Å². The van der Waals surface area contributed by atoms with Gasteiger partial charge >= 0.3 is 5.97 Å². The lowest BCUT2D eigenvalue weighted by Gasteiger charge is -2.02. The van der Waals surface area contributed by atoms with Gasteiger partial charge in [-0.05, 0) is 30.2 Å². The van der Waals surface area contributed by atoms with Crippen molar-refractivity contribution < 1.29 is 9.90 Å². The van der Waals surface area contributed by atoms with E-state index in [1.807, 2.05) is 6.07 Å². The number of carboxylic acids is 1. The summed E-state index contributed by atoms with van der Waals surface area (Å²) in [6.45, 7) is 2.05. The zero-order valence-electron chi connectivity index (χ0n) is 12.3. The van der Waals surface area contributed by atoms with Crippen molar-refractivity contribution in [3.05, 3.63) is 56.7 Å². The quantitative estimate of drug-likeness (QED) is 0.545. The molecule has 3 rings (SSSR count). The normalized spacial score (nSPS) is 11.0. The summed E-state index contributed by atoms with van der Waals surface area (Å²) in [7, 11) is 0. The molecular formula is C16H14N2O3S2. The highest BCUT2D eigenvalue weighted by molar-refractivity contribution is 7.98. The first kappa shape index (κ1) is 15.8. The molecule has 0 saturated carbocycles. The van der Waals surface area contributed by atoms with Gasteiger partial charge in [-0.25, -0.2) is 9.78 Å². The number of nitrogens with zero attached hydrogens (tertiary/aromatic N) is 1. The van der Waals surface area contributed by atoms with Crippen LogP contribution in [0.5, 0.6) is 0 Å². The van der Waals surface area contributed by atoms with Crippen LogP contribution in [0.3, 0.4) is 0 Å². The Hall–Kier alpha value is -2.12. The van der Waals surface area contributed by atoms with Crippen LogP contribution in [0.15, 0.2) is 40.3 Å². The van der Waals surface area contributed by atoms with Gasteiger partial charge in [0.05, 0.1) is 10.9 Å². The minimum atomic E-state index is -0.940. The fourth-order valence-electron chi connectivity index (χ4n) is 2.10. The van der Waals surface area contributed by atoms with Crippen LogP contribution in [-0.2, 0) is 12.2 Å². The first-order valence-corrected chi connectivity index (χ1v) is 8.85. The number of carbonyl (C=O) groups is 1. The number of hydrogen-bond donors (Lipinski definition) is 2. The maximum atomic E-state index is 12.1. The monoisotopic (exact) mass is 346 g/mol. The Labute approximate surface area is 140 Å². The molecule has 0 aliphatic rings. The van der Waals surface area contributed by atoms with Crippen LogP contribution < -0.4 is 5.56 Å². The Morgan fingerprint density at radius 3 is 2.74 bits per heavy atom. The van der Waals surface area contributed by atoms with Gasteiger partial charge < -0.3 is 10.1 Å². The molecular weight excluding hydrogens is 332 g/mol. The van der Waals surface area contributed by atoms with Crippen molar-refractivity contribution in [2.75, 3.05) is 0 Å². The molecule has 0 bridgehead atoms. The minimum absolute atomic E-state index is 0.116. The number of nitrogens with one attached hydrogen (secondary N) is 1. The second-order valence-electron chi connectivity index (χ2n) is 4.95. The topological polar surface area (TPSA) is 83.0 Å². The van der Waals surface area contributed by atoms with Crippen molar-refractivity contribution >= 4 is 39.3 Å². The van der Waals surface area contributed by atoms with Gasteiger partial charge in [-0.15, -0.1) is 11.3 Å². The summed E-state index contributed by atoms with van der Waals surface area (Å²) in [6.07, 6.45) is 0.888. The van der Waals surface area contributed by atoms with E-state index in [0.717, 1.165) is 21.7 Å². The van der Waals surface area contributed by atoms with Crippen LogP contribution in [0.4, 0.5) is 0 Å². The molecule has 0 amide bonds. The van der Waals surface area contributed by atoms with Crippen molar-refractivity contribution in [3.63, 3.8) is 0 Å². The molecule has 0 saturated heterocycles. The number of aromatic amines is 1. The molecule has 23 heavy (non-hydrogen) atoms. The highest BCUT2D eigenvalue weighted by atomic mass is 32.2. The Balaban J connectivity index is 1.78. The van der Waals surface area contributed by atoms with Crippen LogP contribution >= 0.6 is 23.1 Å². The summed E-state index contributed by atoms with van der Waals surface area (Å²) < 4.78 is 0. The Morgan fingerprint density at radius 2 is 2.09 bits per heavy atom. The highest BCUT2D eigenvalue weighted by Gasteiger charge is 2.09. The van der Waals surface area contributed by atoms with E-state index in [4.69, 9.17) is 5.11 Å². The SMILES string of the molecule is CCc1cc2c(=O)[nH]c(SCc3ccc(C(=O)O)cc3)nc2s1. The number of aromatic nitrogens is 2. The van der Waals surface area contributed by atoms with Gasteiger partial charge in [-0.2, -0.15) is 0 Å². The average molecular weight is 346 g/mol. The fraction of sp³-hybridized carbons (Fsp3) is 0.188. The molecule has 0 atom stereocenters. The molecule has 0 spiro atoms. The molecule has 2 aromatic heterocycles. The maximum absolute atomic E-state index is 12.1. The van der Waals surface area contributed by atoms with Crippen LogP contribution in [0.25, 0.3) is 10.2 Å². The molecule has 5 nitrogen and oxygen atoms in total. The molecule has 0 fully saturated rings. The zero-order valence-corrected chi connectivity index (χ0v) is 14.0. The molecule has 0 radical (unpaired) electrons. The highest BCUT2D eigenvalue weighted by Crippen LogP contribution is 2.25. The number of H-pyrrole nitrogens is 1. The van der Waals surface area contributed by atoms with Gasteiger partial charge in [0.2, 0.25) is 0 Å². The number of aromatic carboxylic acids is 1. The largest absolute Gasteiger partial charge is 0.478 e. The van der Waals surface area contributed by atoms with Gasteiger partial charge in [-0.1, -0.05) is 30.8 Å². The Bertz CT molecular complexity index is 913. The van der Waals surface area contributed by atoms with Gasteiger partial charge in [-0.3, -0.25) is 4.79 Å². The van der Waals surface area contributed by atoms with E-state index in [1.165, 1.54) is 11.8 Å².